The van der Waals surface area contributed by atoms with Crippen molar-refractivity contribution in [1.82, 2.24) is 9.88 Å². The number of carbonyl (C=O) groups is 1. The molecule has 0 saturated heterocycles. The number of nitrogens with zero attached hydrogens (tertiary/aromatic N) is 1. The van der Waals surface area contributed by atoms with Gasteiger partial charge in [-0.05, 0) is 71.4 Å². The summed E-state index contributed by atoms with van der Waals surface area (Å²) in [5, 5.41) is 3.99. The molecule has 4 nitrogen and oxygen atoms in total. The number of hydrogen-bond donors (Lipinski definition) is 2. The second kappa shape index (κ2) is 7.29. The molecule has 2 aromatic carbocycles. The molecule has 0 fully saturated rings. The summed E-state index contributed by atoms with van der Waals surface area (Å²) in [5.74, 6) is -0.667. The Balaban J connectivity index is 1.63. The molecule has 6 heteroatoms. The van der Waals surface area contributed by atoms with E-state index in [2.05, 4.69) is 44.3 Å². The smallest absolute Gasteiger partial charge is 0.256 e. The van der Waals surface area contributed by atoms with Gasteiger partial charge in [0.2, 0.25) is 0 Å². The Morgan fingerprint density at radius 3 is 2.85 bits per heavy atom. The van der Waals surface area contributed by atoms with E-state index in [1.54, 1.807) is 0 Å². The zero-order chi connectivity index (χ0) is 19.0. The van der Waals surface area contributed by atoms with E-state index in [1.807, 2.05) is 24.4 Å². The number of likely N-dealkylation sites (N-methyl/N-ethyl adjacent to an activating group) is 1. The molecule has 0 atom stereocenters. The number of carbonyl (C=O) groups excluding carboxylic acids is 1. The largest absolute Gasteiger partial charge is 0.361 e. The van der Waals surface area contributed by atoms with Crippen LogP contribution in [0.25, 0.3) is 16.5 Å². The maximum absolute atomic E-state index is 13.2. The molecule has 138 valence electrons. The van der Waals surface area contributed by atoms with Gasteiger partial charge in [-0.25, -0.2) is 4.39 Å². The fourth-order valence-electron chi connectivity index (χ4n) is 3.35. The van der Waals surface area contributed by atoms with Gasteiger partial charge in [0.25, 0.3) is 5.91 Å². The van der Waals surface area contributed by atoms with E-state index >= 15 is 0 Å². The lowest BCUT2D eigenvalue weighted by molar-refractivity contribution is 0.102. The molecule has 1 aromatic heterocycles. The van der Waals surface area contributed by atoms with Crippen molar-refractivity contribution in [2.75, 3.05) is 25.5 Å². The van der Waals surface area contributed by atoms with Gasteiger partial charge >= 0.3 is 0 Å². The Morgan fingerprint density at radius 2 is 2.11 bits per heavy atom. The van der Waals surface area contributed by atoms with Gasteiger partial charge in [-0.3, -0.25) is 4.79 Å². The van der Waals surface area contributed by atoms with E-state index in [-0.39, 0.29) is 11.7 Å². The minimum atomic E-state index is -0.386. The van der Waals surface area contributed by atoms with Crippen LogP contribution < -0.4 is 5.32 Å². The number of rotatable bonds is 3. The summed E-state index contributed by atoms with van der Waals surface area (Å²) in [6.07, 6.45) is 5.29. The van der Waals surface area contributed by atoms with Gasteiger partial charge in [0.05, 0.1) is 5.56 Å². The number of fused-ring (bicyclic) bond motifs is 1. The Bertz CT molecular complexity index is 1060. The molecule has 2 heterocycles. The van der Waals surface area contributed by atoms with Crippen molar-refractivity contribution in [3.63, 3.8) is 0 Å². The third kappa shape index (κ3) is 3.68. The normalized spacial score (nSPS) is 15.0. The van der Waals surface area contributed by atoms with Crippen LogP contribution in [0.15, 0.2) is 53.1 Å². The van der Waals surface area contributed by atoms with Crippen LogP contribution in [0.3, 0.4) is 0 Å². The van der Waals surface area contributed by atoms with Crippen LogP contribution in [-0.4, -0.2) is 35.9 Å². The number of amides is 1. The van der Waals surface area contributed by atoms with Crippen LogP contribution in [0.5, 0.6) is 0 Å². The molecule has 2 N–H and O–H groups in total. The lowest BCUT2D eigenvalue weighted by Gasteiger charge is -2.21. The van der Waals surface area contributed by atoms with Gasteiger partial charge in [0.15, 0.2) is 0 Å². The molecule has 3 aromatic rings. The molecule has 0 unspecified atom stereocenters. The molecule has 0 aliphatic carbocycles. The molecule has 0 saturated carbocycles. The highest BCUT2D eigenvalue weighted by Crippen LogP contribution is 2.31. The zero-order valence-electron chi connectivity index (χ0n) is 14.9. The average Bonchev–Trinajstić information content (AvgIpc) is 3.05. The summed E-state index contributed by atoms with van der Waals surface area (Å²) in [4.78, 5) is 18.1. The number of benzene rings is 2. The fourth-order valence-corrected chi connectivity index (χ4v) is 3.88. The topological polar surface area (TPSA) is 48.1 Å². The molecule has 0 bridgehead atoms. The summed E-state index contributed by atoms with van der Waals surface area (Å²) in [6.45, 7) is 1.98. The van der Waals surface area contributed by atoms with Crippen LogP contribution in [0.2, 0.25) is 0 Å². The third-order valence-corrected chi connectivity index (χ3v) is 5.53. The highest BCUT2D eigenvalue weighted by Gasteiger charge is 2.15. The third-order valence-electron chi connectivity index (χ3n) is 4.87. The Morgan fingerprint density at radius 1 is 1.26 bits per heavy atom. The average molecular weight is 428 g/mol. The van der Waals surface area contributed by atoms with Crippen molar-refractivity contribution in [3.8, 4) is 0 Å². The van der Waals surface area contributed by atoms with Crippen molar-refractivity contribution < 1.29 is 9.18 Å². The summed E-state index contributed by atoms with van der Waals surface area (Å²) in [7, 11) is 2.11. The van der Waals surface area contributed by atoms with Crippen LogP contribution in [0.4, 0.5) is 10.1 Å². The molecule has 1 aliphatic heterocycles. The first kappa shape index (κ1) is 17.9. The number of nitrogens with one attached hydrogen (secondary N) is 2. The zero-order valence-corrected chi connectivity index (χ0v) is 16.4. The van der Waals surface area contributed by atoms with E-state index in [4.69, 9.17) is 0 Å². The van der Waals surface area contributed by atoms with E-state index in [9.17, 15) is 9.18 Å². The Kier molecular flexibility index (Phi) is 4.85. The second-order valence-corrected chi connectivity index (χ2v) is 7.64. The standard InChI is InChI=1S/C21H19BrFN3O/c1-26-8-6-13(7-9-26)18-12-24-20-5-3-15(11-17(18)20)25-21(27)16-4-2-14(23)10-19(16)22/h2-6,10-12,24H,7-9H2,1H3,(H,25,27). The molecule has 4 rings (SSSR count). The van der Waals surface area contributed by atoms with Crippen LogP contribution in [-0.2, 0) is 0 Å². The molecule has 27 heavy (non-hydrogen) atoms. The van der Waals surface area contributed by atoms with Crippen molar-refractivity contribution in [2.24, 2.45) is 0 Å². The monoisotopic (exact) mass is 427 g/mol. The summed E-state index contributed by atoms with van der Waals surface area (Å²) >= 11 is 3.25. The van der Waals surface area contributed by atoms with Gasteiger partial charge in [-0.2, -0.15) is 0 Å². The molecule has 1 aliphatic rings. The van der Waals surface area contributed by atoms with Crippen LogP contribution >= 0.6 is 15.9 Å². The van der Waals surface area contributed by atoms with Gasteiger partial charge in [-0.15, -0.1) is 0 Å². The highest BCUT2D eigenvalue weighted by molar-refractivity contribution is 9.10. The van der Waals surface area contributed by atoms with Crippen molar-refractivity contribution in [1.29, 1.82) is 0 Å². The number of H-pyrrole nitrogens is 1. The molecule has 0 spiro atoms. The lowest BCUT2D eigenvalue weighted by atomic mass is 9.99. The Hall–Kier alpha value is -2.44. The van der Waals surface area contributed by atoms with Crippen molar-refractivity contribution in [2.45, 2.75) is 6.42 Å². The first-order chi connectivity index (χ1) is 13.0. The van der Waals surface area contributed by atoms with Crippen LogP contribution in [0, 0.1) is 5.82 Å². The molecule has 0 radical (unpaired) electrons. The molecule has 1 amide bonds. The van der Waals surface area contributed by atoms with E-state index in [0.717, 1.165) is 30.4 Å². The van der Waals surface area contributed by atoms with Crippen molar-refractivity contribution >= 4 is 44.0 Å². The fraction of sp³-hybridized carbons (Fsp3) is 0.190. The van der Waals surface area contributed by atoms with Gasteiger partial charge in [-0.1, -0.05) is 6.08 Å². The number of aromatic amines is 1. The predicted molar refractivity (Wildman–Crippen MR) is 110 cm³/mol. The highest BCUT2D eigenvalue weighted by atomic mass is 79.9. The maximum Gasteiger partial charge on any atom is 0.256 e. The number of anilines is 1. The van der Waals surface area contributed by atoms with Crippen molar-refractivity contribution in [3.05, 3.63) is 70.1 Å². The maximum atomic E-state index is 13.2. The minimum absolute atomic E-state index is 0.281. The summed E-state index contributed by atoms with van der Waals surface area (Å²) in [6, 6.07) is 9.84. The number of aromatic nitrogens is 1. The SMILES string of the molecule is CN1CC=C(c2c[nH]c3ccc(NC(=O)c4ccc(F)cc4Br)cc23)CC1. The first-order valence-electron chi connectivity index (χ1n) is 8.77. The Labute approximate surface area is 165 Å². The lowest BCUT2D eigenvalue weighted by Crippen LogP contribution is -2.23. The quantitative estimate of drug-likeness (QED) is 0.614. The molecular formula is C21H19BrFN3O. The first-order valence-corrected chi connectivity index (χ1v) is 9.56. The summed E-state index contributed by atoms with van der Waals surface area (Å²) in [5.41, 5.74) is 4.63. The summed E-state index contributed by atoms with van der Waals surface area (Å²) < 4.78 is 13.7. The number of halogens is 2. The van der Waals surface area contributed by atoms with Gasteiger partial charge < -0.3 is 15.2 Å². The van der Waals surface area contributed by atoms with Gasteiger partial charge in [0.1, 0.15) is 5.82 Å². The van der Waals surface area contributed by atoms with E-state index < -0.39 is 0 Å². The van der Waals surface area contributed by atoms with E-state index in [0.29, 0.717) is 15.7 Å². The minimum Gasteiger partial charge on any atom is -0.361 e. The molecular weight excluding hydrogens is 409 g/mol. The second-order valence-electron chi connectivity index (χ2n) is 6.78. The van der Waals surface area contributed by atoms with E-state index in [1.165, 1.54) is 29.3 Å². The predicted octanol–water partition coefficient (Wildman–Crippen LogP) is 5.04. The van der Waals surface area contributed by atoms with Crippen LogP contribution in [0.1, 0.15) is 22.3 Å². The van der Waals surface area contributed by atoms with Gasteiger partial charge in [0, 0.05) is 45.9 Å². The number of hydrogen-bond acceptors (Lipinski definition) is 2.